The lowest BCUT2D eigenvalue weighted by atomic mass is 9.73. The van der Waals surface area contributed by atoms with E-state index in [4.69, 9.17) is 5.73 Å². The Kier molecular flexibility index (Phi) is 4.54. The summed E-state index contributed by atoms with van der Waals surface area (Å²) in [5, 5.41) is 0. The van der Waals surface area contributed by atoms with Crippen molar-refractivity contribution in [1.82, 2.24) is 4.90 Å². The van der Waals surface area contributed by atoms with Gasteiger partial charge >= 0.3 is 0 Å². The van der Waals surface area contributed by atoms with Crippen LogP contribution in [-0.2, 0) is 4.79 Å². The number of nitrogens with two attached hydrogens (primary N) is 1. The van der Waals surface area contributed by atoms with Crippen LogP contribution >= 0.6 is 0 Å². The molecule has 3 heteroatoms. The van der Waals surface area contributed by atoms with E-state index in [1.54, 1.807) is 0 Å². The number of amides is 1. The van der Waals surface area contributed by atoms with Gasteiger partial charge in [-0.1, -0.05) is 33.1 Å². The maximum absolute atomic E-state index is 12.9. The van der Waals surface area contributed by atoms with E-state index in [9.17, 15) is 4.79 Å². The number of carbonyl (C=O) groups is 1. The van der Waals surface area contributed by atoms with Crippen molar-refractivity contribution in [2.45, 2.75) is 65.2 Å². The highest BCUT2D eigenvalue weighted by Gasteiger charge is 2.41. The highest BCUT2D eigenvalue weighted by atomic mass is 16.2. The zero-order valence-corrected chi connectivity index (χ0v) is 12.7. The highest BCUT2D eigenvalue weighted by molar-refractivity contribution is 5.83. The van der Waals surface area contributed by atoms with Gasteiger partial charge in [-0.15, -0.1) is 0 Å². The summed E-state index contributed by atoms with van der Waals surface area (Å²) in [6.45, 7) is 7.03. The summed E-state index contributed by atoms with van der Waals surface area (Å²) in [5.74, 6) is 0.354. The van der Waals surface area contributed by atoms with E-state index in [1.165, 1.54) is 25.7 Å². The first-order valence-electron chi connectivity index (χ1n) is 7.99. The van der Waals surface area contributed by atoms with Gasteiger partial charge in [-0.2, -0.15) is 0 Å². The second-order valence-corrected chi connectivity index (χ2v) is 7.36. The van der Waals surface area contributed by atoms with Crippen molar-refractivity contribution in [3.8, 4) is 0 Å². The molecule has 1 heterocycles. The quantitative estimate of drug-likeness (QED) is 0.835. The second-order valence-electron chi connectivity index (χ2n) is 7.36. The Bertz CT molecular complexity index is 319. The minimum Gasteiger partial charge on any atom is -0.342 e. The fourth-order valence-electron chi connectivity index (χ4n) is 3.70. The number of carbonyl (C=O) groups excluding carboxylic acids is 1. The molecular weight excluding hydrogens is 236 g/mol. The molecule has 2 aliphatic rings. The van der Waals surface area contributed by atoms with Gasteiger partial charge in [0.25, 0.3) is 0 Å². The fraction of sp³-hybridized carbons (Fsp3) is 0.938. The molecule has 0 aromatic carbocycles. The summed E-state index contributed by atoms with van der Waals surface area (Å²) in [6, 6.07) is 0. The Hall–Kier alpha value is -0.570. The van der Waals surface area contributed by atoms with Crippen molar-refractivity contribution in [2.75, 3.05) is 19.6 Å². The standard InChI is InChI=1S/C16H30N2O/c1-15(2)7-6-11-18(12-10-15)14(19)16(13-17)8-4-3-5-9-16/h3-13,17H2,1-2H3. The summed E-state index contributed by atoms with van der Waals surface area (Å²) in [4.78, 5) is 15.0. The Balaban J connectivity index is 2.05. The number of likely N-dealkylation sites (tertiary alicyclic amines) is 1. The third-order valence-electron chi connectivity index (χ3n) is 5.28. The third kappa shape index (κ3) is 3.31. The number of hydrogen-bond acceptors (Lipinski definition) is 2. The Morgan fingerprint density at radius 3 is 2.32 bits per heavy atom. The van der Waals surface area contributed by atoms with Crippen molar-refractivity contribution in [3.05, 3.63) is 0 Å². The summed E-state index contributed by atoms with van der Waals surface area (Å²) >= 11 is 0. The fourth-order valence-corrected chi connectivity index (χ4v) is 3.70. The van der Waals surface area contributed by atoms with Crippen LogP contribution in [0.3, 0.4) is 0 Å². The first-order valence-corrected chi connectivity index (χ1v) is 7.99. The molecule has 2 rings (SSSR count). The van der Waals surface area contributed by atoms with E-state index in [1.807, 2.05) is 0 Å². The van der Waals surface area contributed by atoms with E-state index in [-0.39, 0.29) is 5.41 Å². The molecule has 0 unspecified atom stereocenters. The number of hydrogen-bond donors (Lipinski definition) is 1. The van der Waals surface area contributed by atoms with Gasteiger partial charge in [0.2, 0.25) is 5.91 Å². The summed E-state index contributed by atoms with van der Waals surface area (Å²) < 4.78 is 0. The second kappa shape index (κ2) is 5.82. The molecule has 0 spiro atoms. The van der Waals surface area contributed by atoms with Crippen molar-refractivity contribution in [2.24, 2.45) is 16.6 Å². The molecule has 1 aliphatic heterocycles. The van der Waals surface area contributed by atoms with Gasteiger partial charge in [0.15, 0.2) is 0 Å². The molecule has 2 fully saturated rings. The molecule has 1 saturated heterocycles. The molecule has 2 N–H and O–H groups in total. The molecule has 0 bridgehead atoms. The van der Waals surface area contributed by atoms with Gasteiger partial charge in [-0.25, -0.2) is 0 Å². The minimum absolute atomic E-state index is 0.229. The molecule has 3 nitrogen and oxygen atoms in total. The average Bonchev–Trinajstić information content (AvgIpc) is 2.59. The van der Waals surface area contributed by atoms with Crippen LogP contribution in [0, 0.1) is 10.8 Å². The van der Waals surface area contributed by atoms with Crippen LogP contribution in [-0.4, -0.2) is 30.4 Å². The lowest BCUT2D eigenvalue weighted by molar-refractivity contribution is -0.143. The molecule has 1 saturated carbocycles. The van der Waals surface area contributed by atoms with E-state index in [0.717, 1.165) is 38.8 Å². The van der Waals surface area contributed by atoms with Crippen LogP contribution in [0.2, 0.25) is 0 Å². The number of nitrogens with zero attached hydrogens (tertiary/aromatic N) is 1. The van der Waals surface area contributed by atoms with Crippen molar-refractivity contribution < 1.29 is 4.79 Å². The molecule has 0 aromatic heterocycles. The molecule has 1 aliphatic carbocycles. The van der Waals surface area contributed by atoms with Gasteiger partial charge in [0.05, 0.1) is 5.41 Å². The van der Waals surface area contributed by atoms with E-state index >= 15 is 0 Å². The Labute approximate surface area is 117 Å². The molecule has 1 amide bonds. The molecule has 0 atom stereocenters. The van der Waals surface area contributed by atoms with Gasteiger partial charge in [0, 0.05) is 19.6 Å². The average molecular weight is 266 g/mol. The van der Waals surface area contributed by atoms with Crippen LogP contribution in [0.1, 0.15) is 65.2 Å². The SMILES string of the molecule is CC1(C)CCCN(C(=O)C2(CN)CCCCC2)CC1. The summed E-state index contributed by atoms with van der Waals surface area (Å²) in [5.41, 5.74) is 6.15. The molecular formula is C16H30N2O. The zero-order valence-electron chi connectivity index (χ0n) is 12.7. The zero-order chi connectivity index (χ0) is 13.9. The molecule has 0 radical (unpaired) electrons. The minimum atomic E-state index is -0.229. The predicted octanol–water partition coefficient (Wildman–Crippen LogP) is 2.93. The van der Waals surface area contributed by atoms with Gasteiger partial charge in [-0.3, -0.25) is 4.79 Å². The van der Waals surface area contributed by atoms with Crippen LogP contribution < -0.4 is 5.73 Å². The van der Waals surface area contributed by atoms with Gasteiger partial charge < -0.3 is 10.6 Å². The summed E-state index contributed by atoms with van der Waals surface area (Å²) in [7, 11) is 0. The first kappa shape index (κ1) is 14.8. The number of rotatable bonds is 2. The summed E-state index contributed by atoms with van der Waals surface area (Å²) in [6.07, 6.45) is 9.10. The van der Waals surface area contributed by atoms with Crippen LogP contribution in [0.15, 0.2) is 0 Å². The highest BCUT2D eigenvalue weighted by Crippen LogP contribution is 2.38. The first-order chi connectivity index (χ1) is 8.99. The van der Waals surface area contributed by atoms with Crippen molar-refractivity contribution >= 4 is 5.91 Å². The maximum atomic E-state index is 12.9. The smallest absolute Gasteiger partial charge is 0.230 e. The lowest BCUT2D eigenvalue weighted by Gasteiger charge is -2.39. The Morgan fingerprint density at radius 2 is 1.68 bits per heavy atom. The van der Waals surface area contributed by atoms with Crippen molar-refractivity contribution in [3.63, 3.8) is 0 Å². The van der Waals surface area contributed by atoms with Crippen LogP contribution in [0.4, 0.5) is 0 Å². The maximum Gasteiger partial charge on any atom is 0.230 e. The molecule has 0 aromatic rings. The van der Waals surface area contributed by atoms with Crippen LogP contribution in [0.5, 0.6) is 0 Å². The van der Waals surface area contributed by atoms with E-state index in [2.05, 4.69) is 18.7 Å². The monoisotopic (exact) mass is 266 g/mol. The predicted molar refractivity (Wildman–Crippen MR) is 78.8 cm³/mol. The molecule has 110 valence electrons. The van der Waals surface area contributed by atoms with Gasteiger partial charge in [0.1, 0.15) is 0 Å². The normalized spacial score (nSPS) is 26.8. The molecule has 19 heavy (non-hydrogen) atoms. The van der Waals surface area contributed by atoms with Crippen LogP contribution in [0.25, 0.3) is 0 Å². The van der Waals surface area contributed by atoms with Gasteiger partial charge in [-0.05, 0) is 37.5 Å². The van der Waals surface area contributed by atoms with E-state index in [0.29, 0.717) is 17.9 Å². The lowest BCUT2D eigenvalue weighted by Crippen LogP contribution is -2.49. The van der Waals surface area contributed by atoms with Crippen molar-refractivity contribution in [1.29, 1.82) is 0 Å². The van der Waals surface area contributed by atoms with E-state index < -0.39 is 0 Å². The largest absolute Gasteiger partial charge is 0.342 e. The Morgan fingerprint density at radius 1 is 1.00 bits per heavy atom. The third-order valence-corrected chi connectivity index (χ3v) is 5.28. The topological polar surface area (TPSA) is 46.3 Å².